The first-order chi connectivity index (χ1) is 4.80. The monoisotopic (exact) mass is 177 g/mol. The molecule has 0 aromatic carbocycles. The number of halogens is 2. The Balaban J connectivity index is 0.000000371. The van der Waals surface area contributed by atoms with Gasteiger partial charge in [0.05, 0.1) is 5.02 Å². The highest BCUT2D eigenvalue weighted by Crippen LogP contribution is 2.16. The Kier molecular flexibility index (Phi) is 4.89. The van der Waals surface area contributed by atoms with E-state index in [1.807, 2.05) is 6.79 Å². The van der Waals surface area contributed by atoms with Crippen molar-refractivity contribution in [2.75, 3.05) is 0 Å². The zero-order valence-corrected chi connectivity index (χ0v) is 6.56. The van der Waals surface area contributed by atoms with Gasteiger partial charge in [0, 0.05) is 6.20 Å². The summed E-state index contributed by atoms with van der Waals surface area (Å²) < 4.78 is 0. The van der Waals surface area contributed by atoms with Crippen molar-refractivity contribution >= 4 is 30.0 Å². The third-order valence-electron chi connectivity index (χ3n) is 0.714. The minimum Gasteiger partial charge on any atom is -0.307 e. The number of aromatic nitrogens is 1. The fourth-order valence-corrected chi connectivity index (χ4v) is 0.607. The molecule has 0 saturated carbocycles. The van der Waals surface area contributed by atoms with Gasteiger partial charge in [-0.1, -0.05) is 23.2 Å². The molecule has 4 heteroatoms. The van der Waals surface area contributed by atoms with E-state index in [0.29, 0.717) is 10.2 Å². The molecule has 0 fully saturated rings. The van der Waals surface area contributed by atoms with E-state index in [0.717, 1.165) is 0 Å². The maximum atomic E-state index is 8.00. The Hall–Kier alpha value is -0.600. The van der Waals surface area contributed by atoms with Crippen LogP contribution in [-0.2, 0) is 4.79 Å². The molecule has 0 aliphatic rings. The van der Waals surface area contributed by atoms with Crippen LogP contribution >= 0.6 is 23.2 Å². The third-order valence-corrected chi connectivity index (χ3v) is 1.42. The number of carbonyl (C=O) groups is 1. The molecule has 0 spiro atoms. The van der Waals surface area contributed by atoms with Crippen LogP contribution in [0.25, 0.3) is 0 Å². The smallest absolute Gasteiger partial charge is 0.147 e. The summed E-state index contributed by atoms with van der Waals surface area (Å²) in [7, 11) is 0. The second kappa shape index (κ2) is 5.21. The first-order valence-corrected chi connectivity index (χ1v) is 3.11. The number of hydrogen-bond acceptors (Lipinski definition) is 2. The number of carbonyl (C=O) groups excluding carboxylic acids is 1. The fourth-order valence-electron chi connectivity index (χ4n) is 0.366. The van der Waals surface area contributed by atoms with Crippen LogP contribution in [0.1, 0.15) is 0 Å². The van der Waals surface area contributed by atoms with Gasteiger partial charge in [-0.15, -0.1) is 0 Å². The molecular weight excluding hydrogens is 173 g/mol. The second-order valence-electron chi connectivity index (χ2n) is 1.28. The standard InChI is InChI=1S/C5H3Cl2N.CH2O/c6-4-2-1-3-8-5(4)7;1-2/h1-3H;1H2. The van der Waals surface area contributed by atoms with E-state index in [9.17, 15) is 0 Å². The van der Waals surface area contributed by atoms with Gasteiger partial charge in [-0.3, -0.25) is 0 Å². The molecule has 0 amide bonds. The summed E-state index contributed by atoms with van der Waals surface area (Å²) in [5.74, 6) is 0. The van der Waals surface area contributed by atoms with Gasteiger partial charge in [0.25, 0.3) is 0 Å². The summed E-state index contributed by atoms with van der Waals surface area (Å²) in [5, 5.41) is 0.850. The maximum absolute atomic E-state index is 8.00. The van der Waals surface area contributed by atoms with Crippen molar-refractivity contribution in [2.45, 2.75) is 0 Å². The van der Waals surface area contributed by atoms with Crippen molar-refractivity contribution in [3.8, 4) is 0 Å². The lowest BCUT2D eigenvalue weighted by molar-refractivity contribution is -0.0979. The molecule has 0 radical (unpaired) electrons. The summed E-state index contributed by atoms with van der Waals surface area (Å²) in [6, 6.07) is 3.42. The molecule has 0 saturated heterocycles. The fraction of sp³-hybridized carbons (Fsp3) is 0. The Morgan fingerprint density at radius 3 is 2.30 bits per heavy atom. The largest absolute Gasteiger partial charge is 0.307 e. The molecule has 0 N–H and O–H groups in total. The normalized spacial score (nSPS) is 7.80. The molecule has 1 aromatic rings. The highest BCUT2D eigenvalue weighted by Gasteiger charge is 1.91. The number of pyridine rings is 1. The predicted octanol–water partition coefficient (Wildman–Crippen LogP) is 2.20. The Labute approximate surface area is 68.8 Å². The molecule has 10 heavy (non-hydrogen) atoms. The molecule has 54 valence electrons. The van der Waals surface area contributed by atoms with Gasteiger partial charge in [0.1, 0.15) is 11.9 Å². The van der Waals surface area contributed by atoms with Crippen LogP contribution in [0.5, 0.6) is 0 Å². The van der Waals surface area contributed by atoms with Gasteiger partial charge in [0.2, 0.25) is 0 Å². The van der Waals surface area contributed by atoms with Crippen LogP contribution < -0.4 is 0 Å². The molecule has 1 aromatic heterocycles. The molecular formula is C6H5Cl2NO. The zero-order valence-electron chi connectivity index (χ0n) is 5.05. The Morgan fingerprint density at radius 1 is 1.40 bits per heavy atom. The highest BCUT2D eigenvalue weighted by molar-refractivity contribution is 6.41. The van der Waals surface area contributed by atoms with E-state index >= 15 is 0 Å². The molecule has 0 atom stereocenters. The van der Waals surface area contributed by atoms with Crippen molar-refractivity contribution in [1.29, 1.82) is 0 Å². The van der Waals surface area contributed by atoms with Crippen molar-refractivity contribution in [3.05, 3.63) is 28.5 Å². The minimum atomic E-state index is 0.356. The van der Waals surface area contributed by atoms with E-state index in [4.69, 9.17) is 28.0 Å². The summed E-state index contributed by atoms with van der Waals surface area (Å²) in [5.41, 5.74) is 0. The quantitative estimate of drug-likeness (QED) is 0.570. The molecule has 0 unspecified atom stereocenters. The van der Waals surface area contributed by atoms with E-state index in [1.165, 1.54) is 0 Å². The SMILES string of the molecule is C=O.Clc1cccnc1Cl. The lowest BCUT2D eigenvalue weighted by atomic mass is 10.5. The number of nitrogens with zero attached hydrogens (tertiary/aromatic N) is 1. The topological polar surface area (TPSA) is 30.0 Å². The van der Waals surface area contributed by atoms with Gasteiger partial charge >= 0.3 is 0 Å². The summed E-state index contributed by atoms with van der Waals surface area (Å²) in [4.78, 5) is 11.7. The third kappa shape index (κ3) is 2.80. The first kappa shape index (κ1) is 9.40. The van der Waals surface area contributed by atoms with Crippen LogP contribution in [0.2, 0.25) is 10.2 Å². The Morgan fingerprint density at radius 2 is 2.00 bits per heavy atom. The second-order valence-corrected chi connectivity index (χ2v) is 2.04. The summed E-state index contributed by atoms with van der Waals surface area (Å²) >= 11 is 11.0. The van der Waals surface area contributed by atoms with Crippen molar-refractivity contribution in [1.82, 2.24) is 4.98 Å². The molecule has 1 heterocycles. The lowest BCUT2D eigenvalue weighted by Gasteiger charge is -1.87. The number of rotatable bonds is 0. The van der Waals surface area contributed by atoms with Crippen LogP contribution in [0.15, 0.2) is 18.3 Å². The molecule has 0 bridgehead atoms. The molecule has 0 aliphatic heterocycles. The molecule has 0 aliphatic carbocycles. The lowest BCUT2D eigenvalue weighted by Crippen LogP contribution is -1.70. The van der Waals surface area contributed by atoms with Crippen LogP contribution in [0.4, 0.5) is 0 Å². The average Bonchev–Trinajstić information content (AvgIpc) is 2.00. The summed E-state index contributed by atoms with van der Waals surface area (Å²) in [6.07, 6.45) is 1.59. The van der Waals surface area contributed by atoms with Gasteiger partial charge in [0.15, 0.2) is 0 Å². The van der Waals surface area contributed by atoms with E-state index < -0.39 is 0 Å². The van der Waals surface area contributed by atoms with E-state index in [2.05, 4.69) is 4.98 Å². The zero-order chi connectivity index (χ0) is 7.98. The number of hydrogen-bond donors (Lipinski definition) is 0. The molecule has 2 nitrogen and oxygen atoms in total. The van der Waals surface area contributed by atoms with Gasteiger partial charge in [-0.25, -0.2) is 4.98 Å². The van der Waals surface area contributed by atoms with E-state index in [1.54, 1.807) is 18.3 Å². The van der Waals surface area contributed by atoms with Crippen LogP contribution in [0, 0.1) is 0 Å². The van der Waals surface area contributed by atoms with Crippen molar-refractivity contribution < 1.29 is 4.79 Å². The maximum Gasteiger partial charge on any atom is 0.147 e. The summed E-state index contributed by atoms with van der Waals surface area (Å²) in [6.45, 7) is 2.00. The predicted molar refractivity (Wildman–Crippen MR) is 41.4 cm³/mol. The van der Waals surface area contributed by atoms with Gasteiger partial charge in [-0.05, 0) is 12.1 Å². The average molecular weight is 178 g/mol. The first-order valence-electron chi connectivity index (χ1n) is 2.35. The van der Waals surface area contributed by atoms with Crippen LogP contribution in [-0.4, -0.2) is 11.8 Å². The van der Waals surface area contributed by atoms with Crippen molar-refractivity contribution in [2.24, 2.45) is 0 Å². The van der Waals surface area contributed by atoms with Crippen LogP contribution in [0.3, 0.4) is 0 Å². The van der Waals surface area contributed by atoms with Crippen molar-refractivity contribution in [3.63, 3.8) is 0 Å². The molecule has 1 rings (SSSR count). The van der Waals surface area contributed by atoms with Gasteiger partial charge in [-0.2, -0.15) is 0 Å². The Bertz CT molecular complexity index is 184. The van der Waals surface area contributed by atoms with Gasteiger partial charge < -0.3 is 4.79 Å². The minimum absolute atomic E-state index is 0.356. The highest BCUT2D eigenvalue weighted by atomic mass is 35.5. The van der Waals surface area contributed by atoms with E-state index in [-0.39, 0.29) is 0 Å².